The molecule has 10 nitrogen and oxygen atoms in total. The van der Waals surface area contributed by atoms with Crippen LogP contribution < -0.4 is 15.0 Å². The average molecular weight is 544 g/mol. The van der Waals surface area contributed by atoms with Crippen LogP contribution in [0.1, 0.15) is 15.9 Å². The van der Waals surface area contributed by atoms with Gasteiger partial charge in [0.15, 0.2) is 0 Å². The summed E-state index contributed by atoms with van der Waals surface area (Å²) < 4.78 is 6.95. The summed E-state index contributed by atoms with van der Waals surface area (Å²) >= 11 is 1.24. The van der Waals surface area contributed by atoms with Crippen molar-refractivity contribution < 1.29 is 14.3 Å². The molecule has 0 unspecified atom stereocenters. The lowest BCUT2D eigenvalue weighted by atomic mass is 10.1. The van der Waals surface area contributed by atoms with Crippen LogP contribution in [0.15, 0.2) is 78.0 Å². The van der Waals surface area contributed by atoms with E-state index >= 15 is 0 Å². The first kappa shape index (κ1) is 26.2. The van der Waals surface area contributed by atoms with Gasteiger partial charge in [0.1, 0.15) is 11.4 Å². The zero-order valence-corrected chi connectivity index (χ0v) is 22.6. The van der Waals surface area contributed by atoms with Crippen LogP contribution in [0, 0.1) is 6.92 Å². The summed E-state index contributed by atoms with van der Waals surface area (Å²) in [5, 5.41) is 15.3. The SMILES string of the molecule is COc1ccccc1-n1nnnc1SCC(=O)Nc1ccc(N2CCN(C(=O)c3ccc(C)cc3)CC2)cc1. The Morgan fingerprint density at radius 3 is 2.38 bits per heavy atom. The van der Waals surface area contributed by atoms with Crippen molar-refractivity contribution in [1.82, 2.24) is 25.1 Å². The number of aryl methyl sites for hydroxylation is 1. The third kappa shape index (κ3) is 6.20. The molecule has 11 heteroatoms. The molecular formula is C28H29N7O3S. The molecule has 4 aromatic rings. The Morgan fingerprint density at radius 1 is 0.949 bits per heavy atom. The normalized spacial score (nSPS) is 13.3. The molecule has 2 amide bonds. The lowest BCUT2D eigenvalue weighted by Crippen LogP contribution is -2.48. The summed E-state index contributed by atoms with van der Waals surface area (Å²) in [6.45, 7) is 4.84. The average Bonchev–Trinajstić information content (AvgIpc) is 3.45. The number of carbonyl (C=O) groups is 2. The molecule has 1 N–H and O–H groups in total. The summed E-state index contributed by atoms with van der Waals surface area (Å²) in [4.78, 5) is 29.6. The highest BCUT2D eigenvalue weighted by Crippen LogP contribution is 2.26. The monoisotopic (exact) mass is 543 g/mol. The highest BCUT2D eigenvalue weighted by atomic mass is 32.2. The van der Waals surface area contributed by atoms with Gasteiger partial charge in [-0.2, -0.15) is 4.68 Å². The molecule has 39 heavy (non-hydrogen) atoms. The smallest absolute Gasteiger partial charge is 0.253 e. The van der Waals surface area contributed by atoms with Gasteiger partial charge in [0.05, 0.1) is 12.9 Å². The van der Waals surface area contributed by atoms with E-state index in [0.29, 0.717) is 35.4 Å². The van der Waals surface area contributed by atoms with Crippen LogP contribution in [-0.4, -0.2) is 76.0 Å². The number of nitrogens with one attached hydrogen (secondary N) is 1. The second-order valence-corrected chi connectivity index (χ2v) is 10.0. The van der Waals surface area contributed by atoms with Gasteiger partial charge in [-0.1, -0.05) is 41.6 Å². The summed E-state index contributed by atoms with van der Waals surface area (Å²) in [5.74, 6) is 0.692. The number of hydrogen-bond acceptors (Lipinski definition) is 8. The Morgan fingerprint density at radius 2 is 1.67 bits per heavy atom. The molecule has 200 valence electrons. The van der Waals surface area contributed by atoms with Crippen LogP contribution in [0.5, 0.6) is 5.75 Å². The zero-order valence-electron chi connectivity index (χ0n) is 21.8. The zero-order chi connectivity index (χ0) is 27.2. The summed E-state index contributed by atoms with van der Waals surface area (Å²) in [6, 6.07) is 22.9. The van der Waals surface area contributed by atoms with E-state index < -0.39 is 0 Å². The summed E-state index contributed by atoms with van der Waals surface area (Å²) in [5.41, 5.74) is 4.33. The van der Waals surface area contributed by atoms with Gasteiger partial charge in [-0.3, -0.25) is 9.59 Å². The fourth-order valence-corrected chi connectivity index (χ4v) is 5.04. The number of tetrazole rings is 1. The fraction of sp³-hybridized carbons (Fsp3) is 0.250. The molecule has 1 aliphatic heterocycles. The van der Waals surface area contributed by atoms with E-state index in [0.717, 1.165) is 29.9 Å². The van der Waals surface area contributed by atoms with Gasteiger partial charge in [-0.05, 0) is 65.9 Å². The number of aromatic nitrogens is 4. The fourth-order valence-electron chi connectivity index (χ4n) is 4.35. The van der Waals surface area contributed by atoms with Crippen LogP contribution in [-0.2, 0) is 4.79 Å². The number of rotatable bonds is 8. The number of nitrogens with zero attached hydrogens (tertiary/aromatic N) is 6. The molecule has 0 spiro atoms. The molecule has 2 heterocycles. The van der Waals surface area contributed by atoms with Crippen molar-refractivity contribution in [3.63, 3.8) is 0 Å². The van der Waals surface area contributed by atoms with E-state index in [4.69, 9.17) is 4.74 Å². The quantitative estimate of drug-likeness (QED) is 0.336. The van der Waals surface area contributed by atoms with E-state index in [2.05, 4.69) is 25.7 Å². The molecule has 1 fully saturated rings. The standard InChI is InChI=1S/C28H29N7O3S/c1-20-7-9-21(10-8-20)27(37)34-17-15-33(16-18-34)23-13-11-22(12-14-23)29-26(36)19-39-28-30-31-32-35(28)24-5-3-4-6-25(24)38-2/h3-14H,15-19H2,1-2H3,(H,29,36). The van der Waals surface area contributed by atoms with Crippen LogP contribution in [0.4, 0.5) is 11.4 Å². The minimum absolute atomic E-state index is 0.0718. The van der Waals surface area contributed by atoms with Crippen molar-refractivity contribution in [3.8, 4) is 11.4 Å². The Bertz CT molecular complexity index is 1430. The Balaban J connectivity index is 1.12. The van der Waals surface area contributed by atoms with E-state index in [1.54, 1.807) is 11.8 Å². The Kier molecular flexibility index (Phi) is 8.07. The third-order valence-corrected chi connectivity index (χ3v) is 7.39. The minimum Gasteiger partial charge on any atom is -0.494 e. The van der Waals surface area contributed by atoms with Crippen LogP contribution >= 0.6 is 11.8 Å². The van der Waals surface area contributed by atoms with Gasteiger partial charge < -0.3 is 19.9 Å². The van der Waals surface area contributed by atoms with Crippen LogP contribution in [0.3, 0.4) is 0 Å². The first-order valence-electron chi connectivity index (χ1n) is 12.6. The summed E-state index contributed by atoms with van der Waals surface area (Å²) in [6.07, 6.45) is 0. The number of carbonyl (C=O) groups excluding carboxylic acids is 2. The second-order valence-electron chi connectivity index (χ2n) is 9.07. The molecule has 0 bridgehead atoms. The number of methoxy groups -OCH3 is 1. The highest BCUT2D eigenvalue weighted by molar-refractivity contribution is 7.99. The second kappa shape index (κ2) is 12.0. The topological polar surface area (TPSA) is 105 Å². The number of anilines is 2. The third-order valence-electron chi connectivity index (χ3n) is 6.47. The number of ether oxygens (including phenoxy) is 1. The number of amides is 2. The van der Waals surface area contributed by atoms with Crippen LogP contribution in [0.2, 0.25) is 0 Å². The first-order chi connectivity index (χ1) is 19.0. The number of benzene rings is 3. The van der Waals surface area contributed by atoms with Crippen LogP contribution in [0.25, 0.3) is 5.69 Å². The number of para-hydroxylation sites is 2. The molecule has 0 atom stereocenters. The predicted molar refractivity (Wildman–Crippen MR) is 151 cm³/mol. The molecule has 3 aromatic carbocycles. The number of thioether (sulfide) groups is 1. The van der Waals surface area contributed by atoms with Gasteiger partial charge in [0, 0.05) is 43.1 Å². The Hall–Kier alpha value is -4.38. The molecule has 0 saturated carbocycles. The highest BCUT2D eigenvalue weighted by Gasteiger charge is 2.22. The van der Waals surface area contributed by atoms with Crippen molar-refractivity contribution in [2.45, 2.75) is 12.1 Å². The maximum atomic E-state index is 12.8. The maximum Gasteiger partial charge on any atom is 0.253 e. The van der Waals surface area contributed by atoms with Crippen molar-refractivity contribution in [2.75, 3.05) is 49.3 Å². The molecule has 0 aliphatic carbocycles. The first-order valence-corrected chi connectivity index (χ1v) is 13.6. The van der Waals surface area contributed by atoms with Gasteiger partial charge >= 0.3 is 0 Å². The molecule has 1 aliphatic rings. The van der Waals surface area contributed by atoms with E-state index in [1.165, 1.54) is 11.8 Å². The largest absolute Gasteiger partial charge is 0.494 e. The van der Waals surface area contributed by atoms with E-state index in [9.17, 15) is 9.59 Å². The molecular weight excluding hydrogens is 514 g/mol. The molecule has 5 rings (SSSR count). The number of hydrogen-bond donors (Lipinski definition) is 1. The van der Waals surface area contributed by atoms with Gasteiger partial charge in [-0.25, -0.2) is 0 Å². The van der Waals surface area contributed by atoms with Crippen molar-refractivity contribution in [2.24, 2.45) is 0 Å². The lowest BCUT2D eigenvalue weighted by Gasteiger charge is -2.36. The van der Waals surface area contributed by atoms with Crippen molar-refractivity contribution in [3.05, 3.63) is 83.9 Å². The van der Waals surface area contributed by atoms with Crippen molar-refractivity contribution in [1.29, 1.82) is 0 Å². The van der Waals surface area contributed by atoms with Crippen molar-refractivity contribution >= 4 is 35.0 Å². The van der Waals surface area contributed by atoms with E-state index in [1.807, 2.05) is 84.6 Å². The van der Waals surface area contributed by atoms with Gasteiger partial charge in [-0.15, -0.1) is 5.10 Å². The van der Waals surface area contributed by atoms with E-state index in [-0.39, 0.29) is 17.6 Å². The Labute approximate surface area is 230 Å². The number of piperazine rings is 1. The van der Waals surface area contributed by atoms with Gasteiger partial charge in [0.2, 0.25) is 11.1 Å². The van der Waals surface area contributed by atoms with Gasteiger partial charge in [0.25, 0.3) is 5.91 Å². The molecule has 0 radical (unpaired) electrons. The predicted octanol–water partition coefficient (Wildman–Crippen LogP) is 3.67. The maximum absolute atomic E-state index is 12.8. The molecule has 1 saturated heterocycles. The molecule has 1 aromatic heterocycles. The lowest BCUT2D eigenvalue weighted by molar-refractivity contribution is -0.113. The minimum atomic E-state index is -0.162. The summed E-state index contributed by atoms with van der Waals surface area (Å²) in [7, 11) is 1.59.